The molecule has 3 aromatic rings. The van der Waals surface area contributed by atoms with E-state index in [0.717, 1.165) is 11.1 Å². The molecule has 2 aromatic carbocycles. The smallest absolute Gasteiger partial charge is 0.270 e. The molecule has 0 saturated carbocycles. The first-order valence-electron chi connectivity index (χ1n) is 9.02. The summed E-state index contributed by atoms with van der Waals surface area (Å²) in [6.07, 6.45) is 3.50. The number of hydrogen-bond acceptors (Lipinski definition) is 5. The van der Waals surface area contributed by atoms with Crippen LogP contribution in [0.3, 0.4) is 0 Å². The van der Waals surface area contributed by atoms with E-state index >= 15 is 0 Å². The first-order chi connectivity index (χ1) is 13.9. The maximum atomic E-state index is 12.6. The van der Waals surface area contributed by atoms with Crippen molar-refractivity contribution >= 4 is 16.2 Å². The van der Waals surface area contributed by atoms with E-state index in [1.165, 1.54) is 6.21 Å². The van der Waals surface area contributed by atoms with Crippen molar-refractivity contribution in [2.75, 3.05) is 0 Å². The van der Waals surface area contributed by atoms with Gasteiger partial charge in [0.05, 0.1) is 30.1 Å². The predicted octanol–water partition coefficient (Wildman–Crippen LogP) is 3.39. The van der Waals surface area contributed by atoms with Crippen LogP contribution < -0.4 is 4.83 Å². The highest BCUT2D eigenvalue weighted by Gasteiger charge is 2.16. The molecule has 8 heteroatoms. The average molecular weight is 407 g/mol. The lowest BCUT2D eigenvalue weighted by molar-refractivity contribution is 0.584. The van der Waals surface area contributed by atoms with Crippen LogP contribution in [0.4, 0.5) is 0 Å². The van der Waals surface area contributed by atoms with E-state index in [1.807, 2.05) is 43.3 Å². The third-order valence-corrected chi connectivity index (χ3v) is 5.66. The van der Waals surface area contributed by atoms with Crippen LogP contribution in [0.25, 0.3) is 11.3 Å². The maximum Gasteiger partial charge on any atom is 0.276 e. The molecule has 1 N–H and O–H groups in total. The average Bonchev–Trinajstić information content (AvgIpc) is 3.11. The second kappa shape index (κ2) is 8.71. The lowest BCUT2D eigenvalue weighted by atomic mass is 10.1. The number of aryl methyl sites for hydroxylation is 3. The lowest BCUT2D eigenvalue weighted by Crippen LogP contribution is -2.19. The fraction of sp³-hybridized carbons (Fsp3) is 0.190. The van der Waals surface area contributed by atoms with Crippen LogP contribution in [0.15, 0.2) is 64.7 Å². The maximum absolute atomic E-state index is 12.6. The highest BCUT2D eigenvalue weighted by Crippen LogP contribution is 2.21. The lowest BCUT2D eigenvalue weighted by Gasteiger charge is -2.07. The number of nitriles is 1. The topological polar surface area (TPSA) is 100 Å². The first-order valence-corrected chi connectivity index (χ1v) is 10.5. The second-order valence-electron chi connectivity index (χ2n) is 6.59. The molecule has 7 nitrogen and oxygen atoms in total. The Kier molecular flexibility index (Phi) is 6.10. The van der Waals surface area contributed by atoms with E-state index in [0.29, 0.717) is 29.8 Å². The summed E-state index contributed by atoms with van der Waals surface area (Å²) < 4.78 is 26.9. The largest absolute Gasteiger partial charge is 0.276 e. The zero-order valence-corrected chi connectivity index (χ0v) is 17.0. The molecule has 1 aromatic heterocycles. The monoisotopic (exact) mass is 407 g/mol. The fourth-order valence-electron chi connectivity index (χ4n) is 2.84. The molecule has 0 aliphatic heterocycles. The number of rotatable bonds is 7. The van der Waals surface area contributed by atoms with Crippen molar-refractivity contribution in [3.63, 3.8) is 0 Å². The zero-order valence-electron chi connectivity index (χ0n) is 16.2. The van der Waals surface area contributed by atoms with E-state index in [2.05, 4.69) is 21.1 Å². The van der Waals surface area contributed by atoms with Gasteiger partial charge in [0.1, 0.15) is 5.69 Å². The van der Waals surface area contributed by atoms with Gasteiger partial charge in [-0.3, -0.25) is 4.68 Å². The van der Waals surface area contributed by atoms with Crippen LogP contribution >= 0.6 is 0 Å². The summed E-state index contributed by atoms with van der Waals surface area (Å²) in [6.45, 7) is 4.02. The highest BCUT2D eigenvalue weighted by atomic mass is 32.2. The van der Waals surface area contributed by atoms with Gasteiger partial charge in [-0.25, -0.2) is 4.83 Å². The molecule has 3 rings (SSSR count). The van der Waals surface area contributed by atoms with E-state index in [-0.39, 0.29) is 4.90 Å². The zero-order chi connectivity index (χ0) is 20.9. The summed E-state index contributed by atoms with van der Waals surface area (Å²) in [4.78, 5) is 2.47. The van der Waals surface area contributed by atoms with Gasteiger partial charge in [-0.05, 0) is 31.0 Å². The van der Waals surface area contributed by atoms with E-state index in [9.17, 15) is 8.42 Å². The van der Waals surface area contributed by atoms with Gasteiger partial charge in [0.2, 0.25) is 0 Å². The van der Waals surface area contributed by atoms with Crippen LogP contribution in [0.5, 0.6) is 0 Å². The molecular weight excluding hydrogens is 386 g/mol. The van der Waals surface area contributed by atoms with Crippen molar-refractivity contribution in [1.29, 1.82) is 5.26 Å². The third kappa shape index (κ3) is 4.89. The van der Waals surface area contributed by atoms with E-state index < -0.39 is 10.0 Å². The molecule has 148 valence electrons. The Morgan fingerprint density at radius 3 is 2.69 bits per heavy atom. The number of hydrogen-bond donors (Lipinski definition) is 1. The Balaban J connectivity index is 1.89. The van der Waals surface area contributed by atoms with Gasteiger partial charge in [-0.1, -0.05) is 42.5 Å². The first kappa shape index (κ1) is 20.3. The number of hydrazone groups is 1. The van der Waals surface area contributed by atoms with E-state index in [1.54, 1.807) is 29.9 Å². The predicted molar refractivity (Wildman–Crippen MR) is 112 cm³/mol. The summed E-state index contributed by atoms with van der Waals surface area (Å²) in [5.74, 6) is 0. The fourth-order valence-corrected chi connectivity index (χ4v) is 3.96. The van der Waals surface area contributed by atoms with Crippen LogP contribution in [-0.4, -0.2) is 24.4 Å². The summed E-state index contributed by atoms with van der Waals surface area (Å²) in [7, 11) is -3.79. The Hall–Kier alpha value is -3.44. The Morgan fingerprint density at radius 1 is 1.21 bits per heavy atom. The number of sulfonamides is 1. The molecule has 0 saturated heterocycles. The van der Waals surface area contributed by atoms with Crippen LogP contribution in [-0.2, 0) is 16.6 Å². The van der Waals surface area contributed by atoms with Gasteiger partial charge in [0.25, 0.3) is 10.0 Å². The van der Waals surface area contributed by atoms with E-state index in [4.69, 9.17) is 5.26 Å². The van der Waals surface area contributed by atoms with Crippen LogP contribution in [0.2, 0.25) is 0 Å². The minimum Gasteiger partial charge on any atom is -0.270 e. The molecule has 0 atom stereocenters. The molecular formula is C21H21N5O2S. The molecule has 0 spiro atoms. The van der Waals surface area contributed by atoms with Crippen molar-refractivity contribution < 1.29 is 8.42 Å². The Bertz CT molecular complexity index is 1180. The molecule has 0 amide bonds. The van der Waals surface area contributed by atoms with Crippen LogP contribution in [0.1, 0.15) is 23.1 Å². The number of nitrogens with zero attached hydrogens (tertiary/aromatic N) is 4. The van der Waals surface area contributed by atoms with Crippen molar-refractivity contribution in [3.05, 3.63) is 71.4 Å². The summed E-state index contributed by atoms with van der Waals surface area (Å²) in [5.41, 5.74) is 3.69. The van der Waals surface area contributed by atoms with Crippen molar-refractivity contribution in [2.24, 2.45) is 5.10 Å². The second-order valence-corrected chi connectivity index (χ2v) is 8.22. The molecule has 1 heterocycles. The van der Waals surface area contributed by atoms with Crippen LogP contribution in [0, 0.1) is 25.2 Å². The minimum absolute atomic E-state index is 0.197. The molecule has 0 fully saturated rings. The quantitative estimate of drug-likeness (QED) is 0.479. The Morgan fingerprint density at radius 2 is 1.97 bits per heavy atom. The van der Waals surface area contributed by atoms with Gasteiger partial charge in [-0.15, -0.1) is 0 Å². The molecule has 0 aliphatic carbocycles. The molecule has 0 unspecified atom stereocenters. The van der Waals surface area contributed by atoms with Crippen molar-refractivity contribution in [2.45, 2.75) is 31.7 Å². The normalized spacial score (nSPS) is 11.5. The third-order valence-electron chi connectivity index (χ3n) is 4.30. The van der Waals surface area contributed by atoms with Crippen molar-refractivity contribution in [1.82, 2.24) is 14.6 Å². The van der Waals surface area contributed by atoms with Gasteiger partial charge in [0, 0.05) is 17.3 Å². The SMILES string of the molecule is Cc1ccc(C)c(S(=O)(=O)N/N=C\c2cn(CCC#N)nc2-c2ccccc2)c1. The Labute approximate surface area is 170 Å². The van der Waals surface area contributed by atoms with Gasteiger partial charge >= 0.3 is 0 Å². The summed E-state index contributed by atoms with van der Waals surface area (Å²) in [6, 6.07) is 16.8. The number of benzene rings is 2. The number of aromatic nitrogens is 2. The molecule has 0 bridgehead atoms. The van der Waals surface area contributed by atoms with Gasteiger partial charge in [-0.2, -0.15) is 23.9 Å². The van der Waals surface area contributed by atoms with Crippen molar-refractivity contribution in [3.8, 4) is 17.3 Å². The molecule has 0 radical (unpaired) electrons. The van der Waals surface area contributed by atoms with Gasteiger partial charge < -0.3 is 0 Å². The summed E-state index contributed by atoms with van der Waals surface area (Å²) >= 11 is 0. The minimum atomic E-state index is -3.79. The molecule has 29 heavy (non-hydrogen) atoms. The standard InChI is InChI=1S/C21H21N5O2S/c1-16-9-10-17(2)20(13-16)29(27,28)25-23-14-19-15-26(12-6-11-22)24-21(19)18-7-4-3-5-8-18/h3-5,7-10,13-15,25H,6,12H2,1-2H3/b23-14-. The summed E-state index contributed by atoms with van der Waals surface area (Å²) in [5, 5.41) is 17.3. The molecule has 0 aliphatic rings. The highest BCUT2D eigenvalue weighted by molar-refractivity contribution is 7.89. The van der Waals surface area contributed by atoms with Gasteiger partial charge in [0.15, 0.2) is 0 Å². The number of nitrogens with one attached hydrogen (secondary N) is 1.